The van der Waals surface area contributed by atoms with Crippen LogP contribution in [0.3, 0.4) is 0 Å². The SMILES string of the molecule is Cc1cccc(C)c1NC(=O)COC(=O)c1cc(S(=O)(=O)N2CCOCC2)ccc1Cl. The van der Waals surface area contributed by atoms with Gasteiger partial charge in [-0.2, -0.15) is 4.31 Å². The molecule has 1 aliphatic rings. The van der Waals surface area contributed by atoms with Crippen LogP contribution in [-0.2, 0) is 24.3 Å². The number of carbonyl (C=O) groups excluding carboxylic acids is 2. The van der Waals surface area contributed by atoms with Crippen molar-refractivity contribution in [3.8, 4) is 0 Å². The number of hydrogen-bond donors (Lipinski definition) is 1. The van der Waals surface area contributed by atoms with E-state index in [4.69, 9.17) is 21.1 Å². The summed E-state index contributed by atoms with van der Waals surface area (Å²) in [6.45, 7) is 4.23. The van der Waals surface area contributed by atoms with Crippen LogP contribution in [0, 0.1) is 13.8 Å². The molecule has 0 atom stereocenters. The molecule has 10 heteroatoms. The predicted molar refractivity (Wildman–Crippen MR) is 116 cm³/mol. The van der Waals surface area contributed by atoms with Gasteiger partial charge in [-0.15, -0.1) is 0 Å². The van der Waals surface area contributed by atoms with Gasteiger partial charge in [-0.3, -0.25) is 4.79 Å². The summed E-state index contributed by atoms with van der Waals surface area (Å²) in [5.41, 5.74) is 2.28. The van der Waals surface area contributed by atoms with Crippen LogP contribution in [0.1, 0.15) is 21.5 Å². The molecular formula is C21H23ClN2O6S. The molecule has 31 heavy (non-hydrogen) atoms. The number of rotatable bonds is 6. The number of nitrogens with one attached hydrogen (secondary N) is 1. The Bertz CT molecular complexity index is 1080. The average Bonchev–Trinajstić information content (AvgIpc) is 2.75. The van der Waals surface area contributed by atoms with E-state index in [0.29, 0.717) is 18.9 Å². The Kier molecular flexibility index (Phi) is 7.32. The first kappa shape index (κ1) is 23.2. The van der Waals surface area contributed by atoms with Gasteiger partial charge in [-0.25, -0.2) is 13.2 Å². The topological polar surface area (TPSA) is 102 Å². The van der Waals surface area contributed by atoms with Crippen LogP contribution in [0.25, 0.3) is 0 Å². The second-order valence-electron chi connectivity index (χ2n) is 7.05. The molecule has 0 aliphatic carbocycles. The highest BCUT2D eigenvalue weighted by molar-refractivity contribution is 7.89. The first-order valence-corrected chi connectivity index (χ1v) is 11.4. The Morgan fingerprint density at radius 2 is 1.77 bits per heavy atom. The fraction of sp³-hybridized carbons (Fsp3) is 0.333. The molecular weight excluding hydrogens is 444 g/mol. The molecule has 166 valence electrons. The lowest BCUT2D eigenvalue weighted by Gasteiger charge is -2.26. The van der Waals surface area contributed by atoms with Crippen molar-refractivity contribution >= 4 is 39.2 Å². The molecule has 1 heterocycles. The van der Waals surface area contributed by atoms with E-state index < -0.39 is 28.5 Å². The van der Waals surface area contributed by atoms with E-state index in [2.05, 4.69) is 5.32 Å². The minimum absolute atomic E-state index is 0.0288. The molecule has 8 nitrogen and oxygen atoms in total. The number of para-hydroxylation sites is 1. The fourth-order valence-corrected chi connectivity index (χ4v) is 4.78. The third kappa shape index (κ3) is 5.43. The van der Waals surface area contributed by atoms with Gasteiger partial charge in [-0.05, 0) is 43.2 Å². The summed E-state index contributed by atoms with van der Waals surface area (Å²) in [4.78, 5) is 24.7. The number of benzene rings is 2. The number of aryl methyl sites for hydroxylation is 2. The zero-order valence-corrected chi connectivity index (χ0v) is 18.8. The van der Waals surface area contributed by atoms with E-state index in [-0.39, 0.29) is 28.6 Å². The predicted octanol–water partition coefficient (Wildman–Crippen LogP) is 2.77. The van der Waals surface area contributed by atoms with Crippen molar-refractivity contribution in [3.05, 3.63) is 58.1 Å². The maximum atomic E-state index is 12.8. The number of nitrogens with zero attached hydrogens (tertiary/aromatic N) is 1. The molecule has 1 saturated heterocycles. The van der Waals surface area contributed by atoms with E-state index in [1.807, 2.05) is 32.0 Å². The lowest BCUT2D eigenvalue weighted by atomic mass is 10.1. The first-order valence-electron chi connectivity index (χ1n) is 9.61. The minimum Gasteiger partial charge on any atom is -0.452 e. The van der Waals surface area contributed by atoms with Crippen LogP contribution >= 0.6 is 11.6 Å². The zero-order chi connectivity index (χ0) is 22.6. The molecule has 0 spiro atoms. The number of anilines is 1. The number of morpholine rings is 1. The van der Waals surface area contributed by atoms with Crippen LogP contribution < -0.4 is 5.32 Å². The molecule has 2 aromatic rings. The van der Waals surface area contributed by atoms with Gasteiger partial charge in [0.1, 0.15) is 0 Å². The maximum absolute atomic E-state index is 12.8. The molecule has 1 N–H and O–H groups in total. The number of halogens is 1. The van der Waals surface area contributed by atoms with Crippen molar-refractivity contribution in [3.63, 3.8) is 0 Å². The molecule has 1 fully saturated rings. The van der Waals surface area contributed by atoms with Crippen LogP contribution in [0.2, 0.25) is 5.02 Å². The Hall–Kier alpha value is -2.46. The van der Waals surface area contributed by atoms with Gasteiger partial charge >= 0.3 is 5.97 Å². The number of carbonyl (C=O) groups is 2. The third-order valence-corrected chi connectivity index (χ3v) is 7.07. The molecule has 0 radical (unpaired) electrons. The number of sulfonamides is 1. The van der Waals surface area contributed by atoms with Gasteiger partial charge in [0.15, 0.2) is 6.61 Å². The van der Waals surface area contributed by atoms with Crippen molar-refractivity contribution in [1.82, 2.24) is 4.31 Å². The highest BCUT2D eigenvalue weighted by Gasteiger charge is 2.28. The first-order chi connectivity index (χ1) is 14.7. The van der Waals surface area contributed by atoms with Crippen LogP contribution in [0.5, 0.6) is 0 Å². The Morgan fingerprint density at radius 1 is 1.13 bits per heavy atom. The molecule has 0 aromatic heterocycles. The number of amides is 1. The minimum atomic E-state index is -3.81. The molecule has 0 bridgehead atoms. The lowest BCUT2D eigenvalue weighted by molar-refractivity contribution is -0.119. The van der Waals surface area contributed by atoms with Crippen molar-refractivity contribution in [2.45, 2.75) is 18.7 Å². The van der Waals surface area contributed by atoms with Crippen molar-refractivity contribution < 1.29 is 27.5 Å². The highest BCUT2D eigenvalue weighted by atomic mass is 35.5. The van der Waals surface area contributed by atoms with E-state index in [1.165, 1.54) is 22.5 Å². The number of ether oxygens (including phenoxy) is 2. The van der Waals surface area contributed by atoms with E-state index in [0.717, 1.165) is 11.1 Å². The Balaban J connectivity index is 1.70. The van der Waals surface area contributed by atoms with Crippen LogP contribution in [-0.4, -0.2) is 57.5 Å². The molecule has 3 rings (SSSR count). The molecule has 1 aliphatic heterocycles. The Labute approximate surface area is 186 Å². The van der Waals surface area contributed by atoms with Crippen LogP contribution in [0.4, 0.5) is 5.69 Å². The second-order valence-corrected chi connectivity index (χ2v) is 9.39. The van der Waals surface area contributed by atoms with E-state index in [9.17, 15) is 18.0 Å². The summed E-state index contributed by atoms with van der Waals surface area (Å²) in [6.07, 6.45) is 0. The third-order valence-electron chi connectivity index (χ3n) is 4.85. The summed E-state index contributed by atoms with van der Waals surface area (Å²) < 4.78 is 37.2. The smallest absolute Gasteiger partial charge is 0.340 e. The van der Waals surface area contributed by atoms with Gasteiger partial charge in [0.25, 0.3) is 5.91 Å². The summed E-state index contributed by atoms with van der Waals surface area (Å²) in [7, 11) is -3.81. The van der Waals surface area contributed by atoms with Crippen molar-refractivity contribution in [2.75, 3.05) is 38.2 Å². The largest absolute Gasteiger partial charge is 0.452 e. The van der Waals surface area contributed by atoms with E-state index in [1.54, 1.807) is 0 Å². The van der Waals surface area contributed by atoms with Gasteiger partial charge in [0.2, 0.25) is 10.0 Å². The van der Waals surface area contributed by atoms with E-state index >= 15 is 0 Å². The van der Waals surface area contributed by atoms with Gasteiger partial charge in [0, 0.05) is 18.8 Å². The van der Waals surface area contributed by atoms with Gasteiger partial charge in [0.05, 0.1) is 28.7 Å². The monoisotopic (exact) mass is 466 g/mol. The standard InChI is InChI=1S/C21H23ClN2O6S/c1-14-4-3-5-15(2)20(14)23-19(25)13-30-21(26)17-12-16(6-7-18(17)22)31(27,28)24-8-10-29-11-9-24/h3-7,12H,8-11,13H2,1-2H3,(H,23,25). The summed E-state index contributed by atoms with van der Waals surface area (Å²) in [5.74, 6) is -1.40. The second kappa shape index (κ2) is 9.78. The maximum Gasteiger partial charge on any atom is 0.340 e. The zero-order valence-electron chi connectivity index (χ0n) is 17.2. The molecule has 0 saturated carbocycles. The number of hydrogen-bond acceptors (Lipinski definition) is 6. The summed E-state index contributed by atoms with van der Waals surface area (Å²) in [5, 5.41) is 2.74. The quantitative estimate of drug-likeness (QED) is 0.657. The lowest BCUT2D eigenvalue weighted by Crippen LogP contribution is -2.40. The average molecular weight is 467 g/mol. The fourth-order valence-electron chi connectivity index (χ4n) is 3.15. The molecule has 2 aromatic carbocycles. The normalized spacial score (nSPS) is 14.8. The Morgan fingerprint density at radius 3 is 2.42 bits per heavy atom. The van der Waals surface area contributed by atoms with Gasteiger partial charge in [-0.1, -0.05) is 29.8 Å². The van der Waals surface area contributed by atoms with Crippen LogP contribution in [0.15, 0.2) is 41.3 Å². The van der Waals surface area contributed by atoms with Gasteiger partial charge < -0.3 is 14.8 Å². The highest BCUT2D eigenvalue weighted by Crippen LogP contribution is 2.24. The van der Waals surface area contributed by atoms with Crippen molar-refractivity contribution in [2.24, 2.45) is 0 Å². The molecule has 0 unspecified atom stereocenters. The molecule has 1 amide bonds. The van der Waals surface area contributed by atoms with Crippen molar-refractivity contribution in [1.29, 1.82) is 0 Å². The number of esters is 1. The summed E-state index contributed by atoms with van der Waals surface area (Å²) >= 11 is 6.08. The summed E-state index contributed by atoms with van der Waals surface area (Å²) in [6, 6.07) is 9.41.